The van der Waals surface area contributed by atoms with Crippen molar-refractivity contribution in [2.75, 3.05) is 38.8 Å². The van der Waals surface area contributed by atoms with E-state index in [-0.39, 0.29) is 53.4 Å². The van der Waals surface area contributed by atoms with Gasteiger partial charge in [-0.05, 0) is 49.7 Å². The fourth-order valence-electron chi connectivity index (χ4n) is 4.39. The summed E-state index contributed by atoms with van der Waals surface area (Å²) in [5, 5.41) is 18.7. The molecule has 0 aliphatic carbocycles. The number of halogens is 3. The standard InChI is InChI=1S/C27H27F3N4O5/c1-5-39-25(37)22-16(2)34(19-8-6-7-18(14-19)27(28,29)30)26(38)33(4)23(22)20-10-9-17(15-31)13-21(20)24(36)32(3)11-12-35/h6-10,13-14,23,35H,5,11-12H2,1-4H3. The highest BCUT2D eigenvalue weighted by atomic mass is 19.4. The van der Waals surface area contributed by atoms with Crippen LogP contribution in [-0.4, -0.2) is 66.7 Å². The molecule has 0 saturated heterocycles. The largest absolute Gasteiger partial charge is 0.463 e. The topological polar surface area (TPSA) is 114 Å². The number of carbonyl (C=O) groups is 3. The van der Waals surface area contributed by atoms with E-state index in [2.05, 4.69) is 0 Å². The van der Waals surface area contributed by atoms with E-state index >= 15 is 0 Å². The third-order valence-electron chi connectivity index (χ3n) is 6.30. The fraction of sp³-hybridized carbons (Fsp3) is 0.333. The second-order valence-corrected chi connectivity index (χ2v) is 8.76. The molecule has 9 nitrogen and oxygen atoms in total. The summed E-state index contributed by atoms with van der Waals surface area (Å²) in [7, 11) is 2.79. The molecule has 206 valence electrons. The average molecular weight is 545 g/mol. The number of aliphatic hydroxyl groups excluding tert-OH is 1. The SMILES string of the molecule is CCOC(=O)C1=C(C)N(c2cccc(C(F)(F)F)c2)C(=O)N(C)C1c1ccc(C#N)cc1C(=O)N(C)CCO. The Morgan fingerprint density at radius 3 is 2.49 bits per heavy atom. The molecule has 2 aromatic rings. The first-order valence-corrected chi connectivity index (χ1v) is 11.9. The Morgan fingerprint density at radius 2 is 1.90 bits per heavy atom. The third kappa shape index (κ3) is 5.73. The Bertz CT molecular complexity index is 1370. The molecular weight excluding hydrogens is 517 g/mol. The minimum atomic E-state index is -4.66. The van der Waals surface area contributed by atoms with E-state index in [1.165, 1.54) is 50.2 Å². The molecule has 1 unspecified atom stereocenters. The number of amides is 3. The number of ether oxygens (including phenoxy) is 1. The lowest BCUT2D eigenvalue weighted by molar-refractivity contribution is -0.139. The van der Waals surface area contributed by atoms with E-state index < -0.39 is 35.7 Å². The zero-order chi connectivity index (χ0) is 29.1. The highest BCUT2D eigenvalue weighted by Gasteiger charge is 2.43. The predicted molar refractivity (Wildman–Crippen MR) is 134 cm³/mol. The van der Waals surface area contributed by atoms with Crippen LogP contribution in [0.5, 0.6) is 0 Å². The van der Waals surface area contributed by atoms with Crippen LogP contribution in [0.15, 0.2) is 53.7 Å². The highest BCUT2D eigenvalue weighted by Crippen LogP contribution is 2.41. The lowest BCUT2D eigenvalue weighted by Gasteiger charge is -2.41. The van der Waals surface area contributed by atoms with Gasteiger partial charge in [0.25, 0.3) is 5.91 Å². The normalized spacial score (nSPS) is 15.8. The summed E-state index contributed by atoms with van der Waals surface area (Å²) in [5.74, 6) is -1.40. The van der Waals surface area contributed by atoms with Crippen LogP contribution in [0.4, 0.5) is 23.7 Å². The van der Waals surface area contributed by atoms with Crippen molar-refractivity contribution in [1.82, 2.24) is 9.80 Å². The van der Waals surface area contributed by atoms with Gasteiger partial charge in [-0.3, -0.25) is 9.69 Å². The van der Waals surface area contributed by atoms with E-state index in [9.17, 15) is 37.9 Å². The van der Waals surface area contributed by atoms with Gasteiger partial charge in [0.1, 0.15) is 0 Å². The second-order valence-electron chi connectivity index (χ2n) is 8.76. The number of nitrogens with zero attached hydrogens (tertiary/aromatic N) is 4. The molecule has 1 N–H and O–H groups in total. The van der Waals surface area contributed by atoms with Gasteiger partial charge < -0.3 is 19.6 Å². The summed E-state index contributed by atoms with van der Waals surface area (Å²) in [5.41, 5.74) is -0.781. The quantitative estimate of drug-likeness (QED) is 0.526. The first-order valence-electron chi connectivity index (χ1n) is 11.9. The monoisotopic (exact) mass is 544 g/mol. The van der Waals surface area contributed by atoms with Gasteiger partial charge >= 0.3 is 18.2 Å². The van der Waals surface area contributed by atoms with Crippen LogP contribution in [0.3, 0.4) is 0 Å². The number of urea groups is 1. The number of esters is 1. The third-order valence-corrected chi connectivity index (χ3v) is 6.30. The Balaban J connectivity index is 2.29. The van der Waals surface area contributed by atoms with Crippen molar-refractivity contribution in [1.29, 1.82) is 5.26 Å². The molecule has 1 aliphatic rings. The average Bonchev–Trinajstić information content (AvgIpc) is 2.90. The van der Waals surface area contributed by atoms with Crippen molar-refractivity contribution in [3.05, 3.63) is 76.0 Å². The number of hydrogen-bond acceptors (Lipinski definition) is 6. The molecular formula is C27H27F3N4O5. The Hall–Kier alpha value is -4.37. The molecule has 1 atom stereocenters. The van der Waals surface area contributed by atoms with E-state index in [0.29, 0.717) is 0 Å². The molecule has 12 heteroatoms. The van der Waals surface area contributed by atoms with Crippen LogP contribution in [0.25, 0.3) is 0 Å². The predicted octanol–water partition coefficient (Wildman–Crippen LogP) is 4.09. The van der Waals surface area contributed by atoms with E-state index in [4.69, 9.17) is 4.74 Å². The van der Waals surface area contributed by atoms with Crippen LogP contribution in [0.2, 0.25) is 0 Å². The van der Waals surface area contributed by atoms with Crippen LogP contribution in [0, 0.1) is 11.3 Å². The Morgan fingerprint density at radius 1 is 1.21 bits per heavy atom. The summed E-state index contributed by atoms with van der Waals surface area (Å²) in [6, 6.07) is 8.35. The molecule has 2 aromatic carbocycles. The van der Waals surface area contributed by atoms with Gasteiger partial charge in [-0.15, -0.1) is 0 Å². The van der Waals surface area contributed by atoms with Crippen LogP contribution in [-0.2, 0) is 15.7 Å². The van der Waals surface area contributed by atoms with Gasteiger partial charge in [0, 0.05) is 31.9 Å². The van der Waals surface area contributed by atoms with Crippen LogP contribution >= 0.6 is 0 Å². The van der Waals surface area contributed by atoms with Crippen LogP contribution < -0.4 is 4.90 Å². The lowest BCUT2D eigenvalue weighted by atomic mass is 9.88. The van der Waals surface area contributed by atoms with Crippen molar-refractivity contribution < 1.29 is 37.4 Å². The van der Waals surface area contributed by atoms with Gasteiger partial charge in [-0.2, -0.15) is 18.4 Å². The van der Waals surface area contributed by atoms with Crippen molar-refractivity contribution in [3.63, 3.8) is 0 Å². The summed E-state index contributed by atoms with van der Waals surface area (Å²) < 4.78 is 45.5. The molecule has 0 radical (unpaired) electrons. The Kier molecular flexibility index (Phi) is 8.66. The minimum Gasteiger partial charge on any atom is -0.463 e. The van der Waals surface area contributed by atoms with Gasteiger partial charge in [0.2, 0.25) is 0 Å². The summed E-state index contributed by atoms with van der Waals surface area (Å²) >= 11 is 0. The smallest absolute Gasteiger partial charge is 0.416 e. The maximum Gasteiger partial charge on any atom is 0.416 e. The maximum absolute atomic E-state index is 13.7. The number of carbonyl (C=O) groups excluding carboxylic acids is 3. The number of likely N-dealkylation sites (N-methyl/N-ethyl adjacent to an activating group) is 2. The van der Waals surface area contributed by atoms with Gasteiger partial charge in [0.05, 0.1) is 47.7 Å². The van der Waals surface area contributed by atoms with E-state index in [1.807, 2.05) is 6.07 Å². The van der Waals surface area contributed by atoms with Gasteiger partial charge in [-0.1, -0.05) is 12.1 Å². The van der Waals surface area contributed by atoms with Crippen molar-refractivity contribution in [3.8, 4) is 6.07 Å². The molecule has 1 heterocycles. The molecule has 0 spiro atoms. The number of anilines is 1. The first kappa shape index (κ1) is 29.2. The summed E-state index contributed by atoms with van der Waals surface area (Å²) in [6.45, 7) is 2.62. The first-order chi connectivity index (χ1) is 18.4. The zero-order valence-electron chi connectivity index (χ0n) is 21.7. The maximum atomic E-state index is 13.7. The fourth-order valence-corrected chi connectivity index (χ4v) is 4.39. The lowest BCUT2D eigenvalue weighted by Crippen LogP contribution is -2.49. The van der Waals surface area contributed by atoms with Gasteiger partial charge in [-0.25, -0.2) is 9.59 Å². The number of hydrogen-bond donors (Lipinski definition) is 1. The molecule has 3 amide bonds. The highest BCUT2D eigenvalue weighted by molar-refractivity contribution is 6.04. The zero-order valence-corrected chi connectivity index (χ0v) is 21.7. The second kappa shape index (κ2) is 11.6. The number of benzene rings is 2. The van der Waals surface area contributed by atoms with Crippen LogP contribution in [0.1, 0.15) is 46.9 Å². The molecule has 3 rings (SSSR count). The minimum absolute atomic E-state index is 0.0109. The number of nitriles is 1. The summed E-state index contributed by atoms with van der Waals surface area (Å²) in [6.07, 6.45) is -4.66. The van der Waals surface area contributed by atoms with Crippen molar-refractivity contribution in [2.24, 2.45) is 0 Å². The molecule has 0 saturated carbocycles. The molecule has 0 bridgehead atoms. The molecule has 0 aromatic heterocycles. The molecule has 0 fully saturated rings. The van der Waals surface area contributed by atoms with Crippen molar-refractivity contribution in [2.45, 2.75) is 26.1 Å². The number of alkyl halides is 3. The van der Waals surface area contributed by atoms with Gasteiger partial charge in [0.15, 0.2) is 0 Å². The van der Waals surface area contributed by atoms with E-state index in [1.54, 1.807) is 6.92 Å². The van der Waals surface area contributed by atoms with Crippen molar-refractivity contribution >= 4 is 23.6 Å². The molecule has 1 aliphatic heterocycles. The number of allylic oxidation sites excluding steroid dienone is 1. The number of aliphatic hydroxyl groups is 1. The Labute approximate surface area is 223 Å². The molecule has 39 heavy (non-hydrogen) atoms. The van der Waals surface area contributed by atoms with E-state index in [0.717, 1.165) is 28.0 Å². The number of rotatable bonds is 7. The summed E-state index contributed by atoms with van der Waals surface area (Å²) in [4.78, 5) is 43.6.